The fraction of sp³-hybridized carbons (Fsp3) is 0.200. The Bertz CT molecular complexity index is 1400. The number of carbonyl (C=O) groups is 1. The average molecular weight is 627 g/mol. The smallest absolute Gasteiger partial charge is 0.155 e. The number of allylic oxidation sites excluding steroid dienone is 2. The van der Waals surface area contributed by atoms with Crippen LogP contribution in [0.15, 0.2) is 78.6 Å². The predicted octanol–water partition coefficient (Wildman–Crippen LogP) is 7.35. The number of fused-ring (bicyclic) bond motifs is 4. The number of aliphatic hydroxyl groups is 1. The zero-order valence-electron chi connectivity index (χ0n) is 20.1. The standard InChI is InChI=1S/C25H20N.C5H8O2.Ir/c1-16-8-4-5-9-18(16)23-13-12-17-14-20-19-10-6-7-11-21(19)25(2,3)22(20)15-24(17)26-23;1-4(6)3-5(2)7;/h4-8,10-15H,1-3H3;3,6H,1-2H3;/q-1;;/b;4-3-;. The van der Waals surface area contributed by atoms with E-state index < -0.39 is 0 Å². The molecule has 34 heavy (non-hydrogen) atoms. The predicted molar refractivity (Wildman–Crippen MR) is 135 cm³/mol. The SMILES string of the molecule is CC(=O)/C=C(/C)O.Cc1ccc[c-]c1-c1ccc2cc3c(cc2n1)C(C)(C)c1ccccc1-3.[Ir]. The number of rotatable bonds is 2. The van der Waals surface area contributed by atoms with E-state index in [1.165, 1.54) is 53.1 Å². The third kappa shape index (κ3) is 4.89. The van der Waals surface area contributed by atoms with Crippen molar-refractivity contribution < 1.29 is 30.0 Å². The first kappa shape index (κ1) is 25.6. The first-order chi connectivity index (χ1) is 15.7. The van der Waals surface area contributed by atoms with Crippen LogP contribution in [0, 0.1) is 13.0 Å². The van der Waals surface area contributed by atoms with Gasteiger partial charge in [-0.1, -0.05) is 57.2 Å². The summed E-state index contributed by atoms with van der Waals surface area (Å²) < 4.78 is 0. The minimum Gasteiger partial charge on any atom is -0.512 e. The molecular formula is C30H28IrNO2-. The Morgan fingerprint density at radius 3 is 2.35 bits per heavy atom. The molecule has 1 heterocycles. The molecule has 0 saturated heterocycles. The average Bonchev–Trinajstić information content (AvgIpc) is 2.99. The second kappa shape index (κ2) is 10.0. The Hall–Kier alpha value is -3.07. The molecule has 0 aliphatic heterocycles. The summed E-state index contributed by atoms with van der Waals surface area (Å²) in [5.74, 6) is -0.0625. The number of hydrogen-bond acceptors (Lipinski definition) is 3. The van der Waals surface area contributed by atoms with Gasteiger partial charge in [0.05, 0.1) is 11.3 Å². The van der Waals surface area contributed by atoms with E-state index in [0.717, 1.165) is 16.8 Å². The summed E-state index contributed by atoms with van der Waals surface area (Å²) in [7, 11) is 0. The van der Waals surface area contributed by atoms with E-state index in [0.29, 0.717) is 0 Å². The molecule has 3 aromatic carbocycles. The van der Waals surface area contributed by atoms with E-state index in [1.807, 2.05) is 12.1 Å². The normalized spacial score (nSPS) is 13.3. The van der Waals surface area contributed by atoms with E-state index in [4.69, 9.17) is 10.1 Å². The topological polar surface area (TPSA) is 50.2 Å². The summed E-state index contributed by atoms with van der Waals surface area (Å²) in [6.45, 7) is 9.58. The molecule has 0 bridgehead atoms. The van der Waals surface area contributed by atoms with Gasteiger partial charge >= 0.3 is 0 Å². The van der Waals surface area contributed by atoms with Crippen molar-refractivity contribution in [1.82, 2.24) is 4.98 Å². The van der Waals surface area contributed by atoms with Crippen molar-refractivity contribution in [2.75, 3.05) is 0 Å². The van der Waals surface area contributed by atoms with E-state index in [-0.39, 0.29) is 37.1 Å². The van der Waals surface area contributed by atoms with Crippen molar-refractivity contribution in [3.63, 3.8) is 0 Å². The van der Waals surface area contributed by atoms with Crippen molar-refractivity contribution in [1.29, 1.82) is 0 Å². The van der Waals surface area contributed by atoms with Crippen LogP contribution in [0.25, 0.3) is 33.3 Å². The molecule has 3 nitrogen and oxygen atoms in total. The van der Waals surface area contributed by atoms with Gasteiger partial charge in [0.15, 0.2) is 5.78 Å². The van der Waals surface area contributed by atoms with Crippen molar-refractivity contribution in [3.8, 4) is 22.4 Å². The van der Waals surface area contributed by atoms with Gasteiger partial charge in [-0.2, -0.15) is 0 Å². The summed E-state index contributed by atoms with van der Waals surface area (Å²) in [4.78, 5) is 15.0. The van der Waals surface area contributed by atoms with Gasteiger partial charge in [-0.15, -0.1) is 35.4 Å². The van der Waals surface area contributed by atoms with Gasteiger partial charge in [0.25, 0.3) is 0 Å². The van der Waals surface area contributed by atoms with Gasteiger partial charge in [-0.05, 0) is 59.3 Å². The van der Waals surface area contributed by atoms with E-state index in [9.17, 15) is 4.79 Å². The fourth-order valence-electron chi connectivity index (χ4n) is 4.55. The molecule has 0 amide bonds. The molecule has 5 rings (SSSR count). The molecule has 0 spiro atoms. The quantitative estimate of drug-likeness (QED) is 0.144. The van der Waals surface area contributed by atoms with Crippen LogP contribution in [0.4, 0.5) is 0 Å². The molecule has 0 atom stereocenters. The molecule has 1 N–H and O–H groups in total. The number of aromatic nitrogens is 1. The molecule has 1 aliphatic carbocycles. The van der Waals surface area contributed by atoms with Gasteiger partial charge in [0.2, 0.25) is 0 Å². The summed E-state index contributed by atoms with van der Waals surface area (Å²) >= 11 is 0. The first-order valence-electron chi connectivity index (χ1n) is 11.1. The first-order valence-corrected chi connectivity index (χ1v) is 11.1. The van der Waals surface area contributed by atoms with Crippen molar-refractivity contribution in [2.24, 2.45) is 0 Å². The van der Waals surface area contributed by atoms with Gasteiger partial charge in [0, 0.05) is 31.6 Å². The molecule has 4 heteroatoms. The van der Waals surface area contributed by atoms with Gasteiger partial charge in [0.1, 0.15) is 0 Å². The monoisotopic (exact) mass is 627 g/mol. The molecular weight excluding hydrogens is 599 g/mol. The van der Waals surface area contributed by atoms with E-state index in [2.05, 4.69) is 81.4 Å². The van der Waals surface area contributed by atoms with Gasteiger partial charge < -0.3 is 5.11 Å². The van der Waals surface area contributed by atoms with Crippen molar-refractivity contribution in [2.45, 2.75) is 40.0 Å². The van der Waals surface area contributed by atoms with Gasteiger partial charge in [-0.25, -0.2) is 0 Å². The number of nitrogens with zero attached hydrogens (tertiary/aromatic N) is 1. The Kier molecular flexibility index (Phi) is 7.55. The van der Waals surface area contributed by atoms with Crippen LogP contribution in [0.2, 0.25) is 0 Å². The fourth-order valence-corrected chi connectivity index (χ4v) is 4.55. The second-order valence-electron chi connectivity index (χ2n) is 9.08. The summed E-state index contributed by atoms with van der Waals surface area (Å²) in [6, 6.07) is 27.1. The number of benzene rings is 3. The maximum atomic E-state index is 10.0. The maximum Gasteiger partial charge on any atom is 0.155 e. The number of aliphatic hydroxyl groups excluding tert-OH is 1. The molecule has 175 valence electrons. The number of pyridine rings is 1. The third-order valence-electron chi connectivity index (χ3n) is 6.13. The summed E-state index contributed by atoms with van der Waals surface area (Å²) in [5.41, 5.74) is 9.79. The molecule has 0 unspecified atom stereocenters. The van der Waals surface area contributed by atoms with Crippen LogP contribution in [0.1, 0.15) is 44.4 Å². The number of carbonyl (C=O) groups excluding carboxylic acids is 1. The Morgan fingerprint density at radius 1 is 0.971 bits per heavy atom. The number of aryl methyl sites for hydroxylation is 1. The van der Waals surface area contributed by atoms with Crippen LogP contribution in [0.3, 0.4) is 0 Å². The van der Waals surface area contributed by atoms with Crippen LogP contribution >= 0.6 is 0 Å². The molecule has 1 aromatic heterocycles. The molecule has 1 aliphatic rings. The van der Waals surface area contributed by atoms with E-state index in [1.54, 1.807) is 0 Å². The van der Waals surface area contributed by atoms with Crippen molar-refractivity contribution >= 4 is 16.7 Å². The minimum absolute atomic E-state index is 0. The van der Waals surface area contributed by atoms with Crippen LogP contribution in [-0.2, 0) is 30.3 Å². The van der Waals surface area contributed by atoms with Crippen LogP contribution < -0.4 is 0 Å². The number of hydrogen-bond donors (Lipinski definition) is 1. The molecule has 0 fully saturated rings. The summed E-state index contributed by atoms with van der Waals surface area (Å²) in [5, 5.41) is 9.55. The molecule has 0 saturated carbocycles. The van der Waals surface area contributed by atoms with Crippen LogP contribution in [0.5, 0.6) is 0 Å². The Morgan fingerprint density at radius 2 is 1.71 bits per heavy atom. The summed E-state index contributed by atoms with van der Waals surface area (Å²) in [6.07, 6.45) is 1.17. The maximum absolute atomic E-state index is 10.0. The van der Waals surface area contributed by atoms with E-state index >= 15 is 0 Å². The molecule has 4 aromatic rings. The largest absolute Gasteiger partial charge is 0.512 e. The minimum atomic E-state index is -0.125. The zero-order valence-corrected chi connectivity index (χ0v) is 22.5. The molecule has 1 radical (unpaired) electrons. The zero-order chi connectivity index (χ0) is 23.8. The Labute approximate surface area is 214 Å². The van der Waals surface area contributed by atoms with Crippen LogP contribution in [-0.4, -0.2) is 15.9 Å². The number of ketones is 1. The second-order valence-corrected chi connectivity index (χ2v) is 9.08. The van der Waals surface area contributed by atoms with Gasteiger partial charge in [-0.3, -0.25) is 9.78 Å². The van der Waals surface area contributed by atoms with Crippen molar-refractivity contribution in [3.05, 3.63) is 101 Å². The Balaban J connectivity index is 0.000000357. The third-order valence-corrected chi connectivity index (χ3v) is 6.13.